The second-order valence-electron chi connectivity index (χ2n) is 6.73. The average Bonchev–Trinajstić information content (AvgIpc) is 3.39. The summed E-state index contributed by atoms with van der Waals surface area (Å²) in [7, 11) is 0. The lowest BCUT2D eigenvalue weighted by atomic mass is 10.1. The molecule has 0 bridgehead atoms. The Labute approximate surface area is 201 Å². The predicted molar refractivity (Wildman–Crippen MR) is 130 cm³/mol. The van der Waals surface area contributed by atoms with Crippen molar-refractivity contribution in [3.8, 4) is 11.3 Å². The molecule has 1 N–H and O–H groups in total. The van der Waals surface area contributed by atoms with E-state index in [1.165, 1.54) is 22.8 Å². The molecule has 0 atom stereocenters. The Kier molecular flexibility index (Phi) is 5.43. The molecule has 0 saturated heterocycles. The highest BCUT2D eigenvalue weighted by Crippen LogP contribution is 2.34. The number of fused-ring (bicyclic) bond motifs is 1. The molecule has 0 radical (unpaired) electrons. The summed E-state index contributed by atoms with van der Waals surface area (Å²) < 4.78 is 5.83. The zero-order valence-electron chi connectivity index (χ0n) is 16.0. The van der Waals surface area contributed by atoms with Gasteiger partial charge in [0, 0.05) is 16.1 Å². The highest BCUT2D eigenvalue weighted by molar-refractivity contribution is 8.27. The van der Waals surface area contributed by atoms with E-state index in [2.05, 4.69) is 10.1 Å². The van der Waals surface area contributed by atoms with Crippen molar-refractivity contribution >= 4 is 74.6 Å². The zero-order chi connectivity index (χ0) is 22.4. The fraction of sp³-hybridized carbons (Fsp3) is 0. The first-order chi connectivity index (χ1) is 15.4. The van der Waals surface area contributed by atoms with Gasteiger partial charge in [-0.3, -0.25) is 10.2 Å². The number of hydrazone groups is 1. The van der Waals surface area contributed by atoms with Crippen molar-refractivity contribution in [2.45, 2.75) is 0 Å². The molecule has 32 heavy (non-hydrogen) atoms. The van der Waals surface area contributed by atoms with Crippen LogP contribution in [-0.2, 0) is 4.79 Å². The molecule has 0 unspecified atom stereocenters. The minimum atomic E-state index is -0.549. The third-order valence-electron chi connectivity index (χ3n) is 4.67. The molecule has 1 amide bonds. The van der Waals surface area contributed by atoms with E-state index in [0.717, 1.165) is 0 Å². The van der Waals surface area contributed by atoms with Gasteiger partial charge in [-0.2, -0.15) is 15.1 Å². The summed E-state index contributed by atoms with van der Waals surface area (Å²) in [6.45, 7) is 0. The van der Waals surface area contributed by atoms with Crippen LogP contribution < -0.4 is 0 Å². The van der Waals surface area contributed by atoms with Crippen molar-refractivity contribution in [1.29, 1.82) is 5.41 Å². The molecule has 2 aliphatic rings. The number of carbonyl (C=O) groups excluding carboxylic acids is 1. The van der Waals surface area contributed by atoms with Gasteiger partial charge in [0.2, 0.25) is 5.17 Å². The molecule has 0 spiro atoms. The average molecular weight is 502 g/mol. The van der Waals surface area contributed by atoms with Crippen LogP contribution in [0.4, 0.5) is 0 Å². The molecule has 5 rings (SSSR count). The Balaban J connectivity index is 1.46. The van der Waals surface area contributed by atoms with E-state index in [0.29, 0.717) is 47.9 Å². The van der Waals surface area contributed by atoms with Gasteiger partial charge in [-0.1, -0.05) is 53.0 Å². The zero-order valence-corrected chi connectivity index (χ0v) is 19.1. The topological polar surface area (TPSA) is 82.0 Å². The van der Waals surface area contributed by atoms with E-state index in [1.807, 2.05) is 18.2 Å². The molecule has 2 aromatic carbocycles. The molecule has 10 heteroatoms. The molecule has 3 aromatic rings. The highest BCUT2D eigenvalue weighted by Gasteiger charge is 2.36. The second-order valence-corrected chi connectivity index (χ2v) is 8.94. The minimum absolute atomic E-state index is 0.0570. The van der Waals surface area contributed by atoms with Gasteiger partial charge in [-0.05, 0) is 54.2 Å². The lowest BCUT2D eigenvalue weighted by Gasteiger charge is -2.19. The number of rotatable bonds is 3. The summed E-state index contributed by atoms with van der Waals surface area (Å²) in [6.07, 6.45) is 1.46. The number of hydrogen-bond donors (Lipinski definition) is 1. The third kappa shape index (κ3) is 3.78. The summed E-state index contributed by atoms with van der Waals surface area (Å²) in [6, 6.07) is 15.7. The number of benzene rings is 2. The molecule has 158 valence electrons. The number of hydrogen-bond acceptors (Lipinski definition) is 5. The van der Waals surface area contributed by atoms with E-state index >= 15 is 0 Å². The fourth-order valence-corrected chi connectivity index (χ4v) is 4.86. The summed E-state index contributed by atoms with van der Waals surface area (Å²) in [4.78, 5) is 16.7. The van der Waals surface area contributed by atoms with Crippen molar-refractivity contribution in [3.63, 3.8) is 0 Å². The van der Waals surface area contributed by atoms with Gasteiger partial charge in [-0.15, -0.1) is 0 Å². The summed E-state index contributed by atoms with van der Waals surface area (Å²) in [5.74, 6) is 0.233. The van der Waals surface area contributed by atoms with Gasteiger partial charge in [0.1, 0.15) is 16.6 Å². The van der Waals surface area contributed by atoms with E-state index < -0.39 is 5.91 Å². The molecule has 1 aromatic heterocycles. The van der Waals surface area contributed by atoms with Crippen molar-refractivity contribution in [1.82, 2.24) is 5.01 Å². The molecular formula is C22H11Cl3N4O2S. The molecule has 6 nitrogen and oxygen atoms in total. The number of nitrogens with zero attached hydrogens (tertiary/aromatic N) is 3. The minimum Gasteiger partial charge on any atom is -0.457 e. The number of nitrogens with one attached hydrogen (secondary N) is 1. The van der Waals surface area contributed by atoms with Crippen LogP contribution in [0.5, 0.6) is 0 Å². The normalized spacial score (nSPS) is 17.0. The van der Waals surface area contributed by atoms with E-state index in [4.69, 9.17) is 44.6 Å². The number of amidine groups is 2. The van der Waals surface area contributed by atoms with Crippen LogP contribution in [0.25, 0.3) is 17.4 Å². The first-order valence-electron chi connectivity index (χ1n) is 9.21. The van der Waals surface area contributed by atoms with E-state index in [-0.39, 0.29) is 11.4 Å². The number of aliphatic imine (C=N–C) groups is 1. The largest absolute Gasteiger partial charge is 0.457 e. The first-order valence-corrected chi connectivity index (χ1v) is 11.2. The number of halogens is 3. The summed E-state index contributed by atoms with van der Waals surface area (Å²) in [5.41, 5.74) is 1.43. The van der Waals surface area contributed by atoms with E-state index in [9.17, 15) is 4.79 Å². The Hall–Kier alpha value is -2.84. The molecule has 0 fully saturated rings. The fourth-order valence-electron chi connectivity index (χ4n) is 3.14. The van der Waals surface area contributed by atoms with Crippen molar-refractivity contribution in [3.05, 3.63) is 86.6 Å². The first kappa shape index (κ1) is 21.0. The number of furan rings is 1. The summed E-state index contributed by atoms with van der Waals surface area (Å²) >= 11 is 19.6. The van der Waals surface area contributed by atoms with Crippen molar-refractivity contribution in [2.24, 2.45) is 10.1 Å². The molecule has 2 aliphatic heterocycles. The SMILES string of the molecule is N=C1/C(=C\c2ccc(-c3ccc(Cl)cc3Cl)o2)C(=O)N=C2SC(c3ccccc3Cl)=NN12. The van der Waals surface area contributed by atoms with Crippen molar-refractivity contribution < 1.29 is 9.21 Å². The second kappa shape index (κ2) is 8.26. The maximum atomic E-state index is 12.6. The van der Waals surface area contributed by atoms with Gasteiger partial charge in [0.15, 0.2) is 5.84 Å². The standard InChI is InChI=1S/C22H11Cl3N4O2S/c23-11-5-7-13(17(25)9-11)18-8-6-12(31-18)10-15-19(26)29-22(27-20(15)30)32-21(28-29)14-3-1-2-4-16(14)24/h1-10,26H/b15-10+,26-19?. The third-order valence-corrected chi connectivity index (χ3v) is 6.49. The van der Waals surface area contributed by atoms with Gasteiger partial charge in [0.25, 0.3) is 5.91 Å². The van der Waals surface area contributed by atoms with Gasteiger partial charge < -0.3 is 4.42 Å². The monoisotopic (exact) mass is 500 g/mol. The number of thioether (sulfide) groups is 1. The van der Waals surface area contributed by atoms with Gasteiger partial charge in [-0.25, -0.2) is 0 Å². The molecule has 3 heterocycles. The Morgan fingerprint density at radius 2 is 1.81 bits per heavy atom. The van der Waals surface area contributed by atoms with Crippen LogP contribution in [0, 0.1) is 5.41 Å². The smallest absolute Gasteiger partial charge is 0.283 e. The van der Waals surface area contributed by atoms with Gasteiger partial charge in [0.05, 0.1) is 15.6 Å². The van der Waals surface area contributed by atoms with Crippen LogP contribution in [-0.4, -0.2) is 27.0 Å². The molecule has 0 aliphatic carbocycles. The van der Waals surface area contributed by atoms with Crippen LogP contribution >= 0.6 is 46.6 Å². The molecular weight excluding hydrogens is 491 g/mol. The number of carbonyl (C=O) groups is 1. The van der Waals surface area contributed by atoms with Crippen LogP contribution in [0.1, 0.15) is 11.3 Å². The maximum absolute atomic E-state index is 12.6. The Bertz CT molecular complexity index is 1390. The predicted octanol–water partition coefficient (Wildman–Crippen LogP) is 6.57. The molecule has 0 saturated carbocycles. The Morgan fingerprint density at radius 3 is 2.59 bits per heavy atom. The Morgan fingerprint density at radius 1 is 1.00 bits per heavy atom. The van der Waals surface area contributed by atoms with E-state index in [1.54, 1.807) is 36.4 Å². The van der Waals surface area contributed by atoms with Crippen LogP contribution in [0.3, 0.4) is 0 Å². The quantitative estimate of drug-likeness (QED) is 0.411. The van der Waals surface area contributed by atoms with Crippen molar-refractivity contribution in [2.75, 3.05) is 0 Å². The maximum Gasteiger partial charge on any atom is 0.283 e. The highest BCUT2D eigenvalue weighted by atomic mass is 35.5. The van der Waals surface area contributed by atoms with Crippen LogP contribution in [0.2, 0.25) is 15.1 Å². The summed E-state index contributed by atoms with van der Waals surface area (Å²) in [5, 5.41) is 16.6. The van der Waals surface area contributed by atoms with Crippen LogP contribution in [0.15, 0.2) is 74.7 Å². The lowest BCUT2D eigenvalue weighted by Crippen LogP contribution is -2.35. The lowest BCUT2D eigenvalue weighted by molar-refractivity contribution is -0.114. The number of amides is 1. The van der Waals surface area contributed by atoms with Gasteiger partial charge >= 0.3 is 0 Å².